The molecule has 0 spiro atoms. The molecule has 3 heteroatoms. The Morgan fingerprint density at radius 1 is 1.40 bits per heavy atom. The minimum absolute atomic E-state index is 0.113. The van der Waals surface area contributed by atoms with Crippen molar-refractivity contribution < 1.29 is 9.18 Å². The number of carbonyl (C=O) groups excluding carboxylic acids is 1. The van der Waals surface area contributed by atoms with E-state index in [1.807, 2.05) is 26.8 Å². The fraction of sp³-hybridized carbons (Fsp3) is 0.417. The number of anilines is 1. The van der Waals surface area contributed by atoms with Gasteiger partial charge in [-0.05, 0) is 24.5 Å². The summed E-state index contributed by atoms with van der Waals surface area (Å²) >= 11 is 0. The van der Waals surface area contributed by atoms with Gasteiger partial charge in [0, 0.05) is 0 Å². The molecule has 1 aliphatic heterocycles. The van der Waals surface area contributed by atoms with Crippen LogP contribution in [0.5, 0.6) is 0 Å². The van der Waals surface area contributed by atoms with Crippen molar-refractivity contribution in [3.63, 3.8) is 0 Å². The van der Waals surface area contributed by atoms with E-state index >= 15 is 0 Å². The number of para-hydroxylation sites is 1. The zero-order valence-corrected chi connectivity index (χ0v) is 9.10. The van der Waals surface area contributed by atoms with Gasteiger partial charge in [0.1, 0.15) is 5.82 Å². The van der Waals surface area contributed by atoms with Crippen LogP contribution in [0.25, 0.3) is 0 Å². The molecule has 0 saturated carbocycles. The number of hydrogen-bond donors (Lipinski definition) is 1. The molecule has 1 unspecified atom stereocenters. The number of benzene rings is 1. The lowest BCUT2D eigenvalue weighted by molar-refractivity contribution is -0.121. The molecule has 1 amide bonds. The number of rotatable bonds is 1. The summed E-state index contributed by atoms with van der Waals surface area (Å²) in [5, 5.41) is 2.62. The fourth-order valence-corrected chi connectivity index (χ4v) is 2.02. The molecule has 0 saturated heterocycles. The van der Waals surface area contributed by atoms with Gasteiger partial charge in [0.2, 0.25) is 5.91 Å². The lowest BCUT2D eigenvalue weighted by atomic mass is 9.74. The van der Waals surface area contributed by atoms with E-state index in [0.717, 1.165) is 5.56 Å². The molecule has 0 fully saturated rings. The van der Waals surface area contributed by atoms with E-state index in [4.69, 9.17) is 0 Å². The molecule has 2 rings (SSSR count). The SMILES string of the molecule is CC(C)C1(C)C(=O)Nc2c(F)cccc21. The number of hydrogen-bond acceptors (Lipinski definition) is 1. The monoisotopic (exact) mass is 207 g/mol. The zero-order chi connectivity index (χ0) is 11.2. The highest BCUT2D eigenvalue weighted by atomic mass is 19.1. The smallest absolute Gasteiger partial charge is 0.235 e. The molecule has 2 nitrogen and oxygen atoms in total. The first-order valence-electron chi connectivity index (χ1n) is 5.08. The van der Waals surface area contributed by atoms with Crippen LogP contribution in [-0.2, 0) is 10.2 Å². The number of nitrogens with one attached hydrogen (secondary N) is 1. The average molecular weight is 207 g/mol. The van der Waals surface area contributed by atoms with Crippen molar-refractivity contribution in [3.05, 3.63) is 29.6 Å². The van der Waals surface area contributed by atoms with Crippen LogP contribution in [0.2, 0.25) is 0 Å². The first kappa shape index (κ1) is 10.1. The highest BCUT2D eigenvalue weighted by Crippen LogP contribution is 2.43. The van der Waals surface area contributed by atoms with Crippen molar-refractivity contribution in [3.8, 4) is 0 Å². The summed E-state index contributed by atoms with van der Waals surface area (Å²) in [5.74, 6) is -0.330. The quantitative estimate of drug-likeness (QED) is 0.753. The predicted octanol–water partition coefficient (Wildman–Crippen LogP) is 2.69. The van der Waals surface area contributed by atoms with Crippen LogP contribution in [0, 0.1) is 11.7 Å². The van der Waals surface area contributed by atoms with Gasteiger partial charge in [-0.15, -0.1) is 0 Å². The molecule has 1 heterocycles. The molecule has 15 heavy (non-hydrogen) atoms. The summed E-state index contributed by atoms with van der Waals surface area (Å²) < 4.78 is 13.5. The van der Waals surface area contributed by atoms with Crippen LogP contribution in [0.4, 0.5) is 10.1 Å². The first-order chi connectivity index (χ1) is 6.98. The maximum Gasteiger partial charge on any atom is 0.235 e. The van der Waals surface area contributed by atoms with Crippen LogP contribution < -0.4 is 5.32 Å². The average Bonchev–Trinajstić information content (AvgIpc) is 2.44. The molecule has 1 aromatic carbocycles. The van der Waals surface area contributed by atoms with Gasteiger partial charge < -0.3 is 5.32 Å². The minimum Gasteiger partial charge on any atom is -0.323 e. The van der Waals surface area contributed by atoms with Crippen molar-refractivity contribution in [2.24, 2.45) is 5.92 Å². The van der Waals surface area contributed by atoms with Gasteiger partial charge in [0.05, 0.1) is 11.1 Å². The summed E-state index contributed by atoms with van der Waals surface area (Å²) in [4.78, 5) is 11.9. The Hall–Kier alpha value is -1.38. The summed E-state index contributed by atoms with van der Waals surface area (Å²) in [7, 11) is 0. The minimum atomic E-state index is -0.614. The molecule has 80 valence electrons. The number of halogens is 1. The zero-order valence-electron chi connectivity index (χ0n) is 9.10. The number of carbonyl (C=O) groups is 1. The van der Waals surface area contributed by atoms with Crippen molar-refractivity contribution >= 4 is 11.6 Å². The normalized spacial score (nSPS) is 24.2. The Kier molecular flexibility index (Phi) is 2.07. The van der Waals surface area contributed by atoms with E-state index in [9.17, 15) is 9.18 Å². The predicted molar refractivity (Wildman–Crippen MR) is 57.2 cm³/mol. The van der Waals surface area contributed by atoms with Crippen LogP contribution in [-0.4, -0.2) is 5.91 Å². The maximum absolute atomic E-state index is 13.5. The molecular weight excluding hydrogens is 193 g/mol. The van der Waals surface area contributed by atoms with Gasteiger partial charge in [-0.2, -0.15) is 0 Å². The van der Waals surface area contributed by atoms with Gasteiger partial charge in [-0.3, -0.25) is 4.79 Å². The van der Waals surface area contributed by atoms with E-state index in [1.54, 1.807) is 6.07 Å². The summed E-state index contributed by atoms with van der Waals surface area (Å²) in [6, 6.07) is 4.83. The van der Waals surface area contributed by atoms with Crippen LogP contribution >= 0.6 is 0 Å². The summed E-state index contributed by atoms with van der Waals surface area (Å²) in [6.45, 7) is 5.80. The Bertz CT molecular complexity index is 428. The van der Waals surface area contributed by atoms with E-state index in [2.05, 4.69) is 5.32 Å². The third-order valence-corrected chi connectivity index (χ3v) is 3.44. The molecule has 1 N–H and O–H groups in total. The van der Waals surface area contributed by atoms with E-state index in [1.165, 1.54) is 6.07 Å². The lowest BCUT2D eigenvalue weighted by Gasteiger charge is -2.26. The third kappa shape index (κ3) is 1.19. The van der Waals surface area contributed by atoms with Gasteiger partial charge >= 0.3 is 0 Å². The summed E-state index contributed by atoms with van der Waals surface area (Å²) in [6.07, 6.45) is 0. The van der Waals surface area contributed by atoms with Crippen molar-refractivity contribution in [1.82, 2.24) is 0 Å². The Morgan fingerprint density at radius 3 is 2.67 bits per heavy atom. The van der Waals surface area contributed by atoms with Crippen LogP contribution in [0.1, 0.15) is 26.3 Å². The van der Waals surface area contributed by atoms with E-state index < -0.39 is 5.41 Å². The Labute approximate surface area is 88.5 Å². The van der Waals surface area contributed by atoms with Crippen molar-refractivity contribution in [1.29, 1.82) is 0 Å². The van der Waals surface area contributed by atoms with Crippen LogP contribution in [0.3, 0.4) is 0 Å². The molecule has 0 aromatic heterocycles. The molecule has 0 aliphatic carbocycles. The van der Waals surface area contributed by atoms with Crippen molar-refractivity contribution in [2.45, 2.75) is 26.2 Å². The standard InChI is InChI=1S/C12H14FNO/c1-7(2)12(3)8-5-4-6-9(13)10(8)14-11(12)15/h4-7H,1-3H3,(H,14,15). The van der Waals surface area contributed by atoms with Gasteiger partial charge in [-0.1, -0.05) is 26.0 Å². The molecule has 1 aromatic rings. The van der Waals surface area contributed by atoms with Crippen molar-refractivity contribution in [2.75, 3.05) is 5.32 Å². The molecule has 1 atom stereocenters. The second-order valence-electron chi connectivity index (χ2n) is 4.47. The topological polar surface area (TPSA) is 29.1 Å². The second kappa shape index (κ2) is 3.05. The largest absolute Gasteiger partial charge is 0.323 e. The fourth-order valence-electron chi connectivity index (χ4n) is 2.02. The summed E-state index contributed by atoms with van der Waals surface area (Å²) in [5.41, 5.74) is 0.499. The Morgan fingerprint density at radius 2 is 2.07 bits per heavy atom. The second-order valence-corrected chi connectivity index (χ2v) is 4.47. The number of fused-ring (bicyclic) bond motifs is 1. The Balaban J connectivity index is 2.65. The highest BCUT2D eigenvalue weighted by molar-refractivity contribution is 6.06. The first-order valence-corrected chi connectivity index (χ1v) is 5.08. The number of amides is 1. The molecule has 0 bridgehead atoms. The third-order valence-electron chi connectivity index (χ3n) is 3.44. The maximum atomic E-state index is 13.5. The lowest BCUT2D eigenvalue weighted by Crippen LogP contribution is -2.36. The highest BCUT2D eigenvalue weighted by Gasteiger charge is 2.45. The van der Waals surface area contributed by atoms with E-state index in [0.29, 0.717) is 5.69 Å². The van der Waals surface area contributed by atoms with Gasteiger partial charge in [-0.25, -0.2) is 4.39 Å². The van der Waals surface area contributed by atoms with Gasteiger partial charge in [0.25, 0.3) is 0 Å². The van der Waals surface area contributed by atoms with Gasteiger partial charge in [0.15, 0.2) is 0 Å². The van der Waals surface area contributed by atoms with E-state index in [-0.39, 0.29) is 17.6 Å². The molecule has 0 radical (unpaired) electrons. The van der Waals surface area contributed by atoms with Crippen LogP contribution in [0.15, 0.2) is 18.2 Å². The molecule has 1 aliphatic rings. The molecular formula is C12H14FNO.